The maximum Gasteiger partial charge on any atom is 0.295 e. The molecule has 164 valence electrons. The van der Waals surface area contributed by atoms with Crippen LogP contribution in [0.4, 0.5) is 0 Å². The summed E-state index contributed by atoms with van der Waals surface area (Å²) in [6, 6.07) is 11.7. The molecule has 0 bridgehead atoms. The molecular weight excluding hydrogens is 416 g/mol. The first-order valence-corrected chi connectivity index (χ1v) is 10.5. The maximum absolute atomic E-state index is 13.0. The molecule has 2 aromatic rings. The lowest BCUT2D eigenvalue weighted by molar-refractivity contribution is -0.139. The van der Waals surface area contributed by atoms with Gasteiger partial charge in [0.15, 0.2) is 0 Å². The normalized spacial score (nSPS) is 18.1. The number of aliphatic hydroxyl groups excluding tert-OH is 1. The SMILES string of the molecule is COc1ccc(/C(O)=C2/C(=O)C(=O)N(CCCN(C)C)C2c2ccc(C)cc2)cc1Cl. The molecule has 0 aromatic heterocycles. The molecule has 1 atom stereocenters. The average Bonchev–Trinajstić information content (AvgIpc) is 2.98. The second-order valence-corrected chi connectivity index (χ2v) is 8.32. The Morgan fingerprint density at radius 3 is 2.42 bits per heavy atom. The fourth-order valence-corrected chi connectivity index (χ4v) is 3.99. The Hall–Kier alpha value is -2.83. The van der Waals surface area contributed by atoms with Crippen LogP contribution in [0, 0.1) is 6.92 Å². The number of Topliss-reactive ketones (excluding diaryl/α,β-unsaturated/α-hetero) is 1. The van der Waals surface area contributed by atoms with Crippen molar-refractivity contribution in [2.24, 2.45) is 0 Å². The number of aryl methyl sites for hydroxylation is 1. The van der Waals surface area contributed by atoms with Gasteiger partial charge in [-0.2, -0.15) is 0 Å². The summed E-state index contributed by atoms with van der Waals surface area (Å²) in [7, 11) is 5.41. The number of hydrogen-bond donors (Lipinski definition) is 1. The standard InChI is InChI=1S/C24H27ClN2O4/c1-15-6-8-16(9-7-15)21-20(22(28)17-10-11-19(31-4)18(25)14-17)23(29)24(30)27(21)13-5-12-26(2)3/h6-11,14,21,28H,5,12-13H2,1-4H3/b22-20-. The minimum absolute atomic E-state index is 0.0694. The zero-order valence-electron chi connectivity index (χ0n) is 18.2. The van der Waals surface area contributed by atoms with Crippen LogP contribution >= 0.6 is 11.6 Å². The molecule has 0 saturated carbocycles. The van der Waals surface area contributed by atoms with Gasteiger partial charge in [-0.1, -0.05) is 41.4 Å². The topological polar surface area (TPSA) is 70.1 Å². The molecule has 2 aromatic carbocycles. The van der Waals surface area contributed by atoms with Crippen LogP contribution in [0.5, 0.6) is 5.75 Å². The second-order valence-electron chi connectivity index (χ2n) is 7.91. The minimum Gasteiger partial charge on any atom is -0.507 e. The number of benzene rings is 2. The van der Waals surface area contributed by atoms with Crippen LogP contribution in [0.15, 0.2) is 48.0 Å². The second kappa shape index (κ2) is 9.54. The molecule has 6 nitrogen and oxygen atoms in total. The monoisotopic (exact) mass is 442 g/mol. The van der Waals surface area contributed by atoms with E-state index in [0.29, 0.717) is 29.3 Å². The molecule has 0 aliphatic carbocycles. The molecule has 7 heteroatoms. The summed E-state index contributed by atoms with van der Waals surface area (Å²) in [5.74, 6) is -1.09. The van der Waals surface area contributed by atoms with Gasteiger partial charge in [0, 0.05) is 12.1 Å². The fourth-order valence-electron chi connectivity index (χ4n) is 3.73. The van der Waals surface area contributed by atoms with E-state index in [1.54, 1.807) is 17.0 Å². The number of halogens is 1. The van der Waals surface area contributed by atoms with Crippen molar-refractivity contribution in [2.75, 3.05) is 34.3 Å². The van der Waals surface area contributed by atoms with Gasteiger partial charge < -0.3 is 19.6 Å². The number of ether oxygens (including phenoxy) is 1. The molecule has 1 N–H and O–H groups in total. The fraction of sp³-hybridized carbons (Fsp3) is 0.333. The van der Waals surface area contributed by atoms with E-state index in [1.165, 1.54) is 13.2 Å². The molecule has 1 aliphatic rings. The van der Waals surface area contributed by atoms with E-state index in [1.807, 2.05) is 50.2 Å². The van der Waals surface area contributed by atoms with Crippen LogP contribution in [-0.4, -0.2) is 60.9 Å². The number of nitrogens with zero attached hydrogens (tertiary/aromatic N) is 2. The molecule has 0 spiro atoms. The largest absolute Gasteiger partial charge is 0.507 e. The highest BCUT2D eigenvalue weighted by atomic mass is 35.5. The van der Waals surface area contributed by atoms with Crippen molar-refractivity contribution >= 4 is 29.1 Å². The number of carbonyl (C=O) groups is 2. The number of carbonyl (C=O) groups excluding carboxylic acids is 2. The Morgan fingerprint density at radius 1 is 1.16 bits per heavy atom. The zero-order chi connectivity index (χ0) is 22.7. The molecule has 1 saturated heterocycles. The molecule has 1 aliphatic heterocycles. The Balaban J connectivity index is 2.10. The van der Waals surface area contributed by atoms with E-state index in [-0.39, 0.29) is 11.3 Å². The summed E-state index contributed by atoms with van der Waals surface area (Å²) in [5.41, 5.74) is 2.26. The molecule has 1 fully saturated rings. The van der Waals surface area contributed by atoms with E-state index >= 15 is 0 Å². The van der Waals surface area contributed by atoms with Gasteiger partial charge >= 0.3 is 0 Å². The first-order valence-electron chi connectivity index (χ1n) is 10.1. The Labute approximate surface area is 187 Å². The van der Waals surface area contributed by atoms with Gasteiger partial charge in [0.2, 0.25) is 0 Å². The molecular formula is C24H27ClN2O4. The van der Waals surface area contributed by atoms with Gasteiger partial charge in [-0.15, -0.1) is 0 Å². The van der Waals surface area contributed by atoms with Gasteiger partial charge in [-0.3, -0.25) is 9.59 Å². The molecule has 31 heavy (non-hydrogen) atoms. The molecule has 1 unspecified atom stereocenters. The quantitative estimate of drug-likeness (QED) is 0.398. The lowest BCUT2D eigenvalue weighted by Crippen LogP contribution is -2.32. The van der Waals surface area contributed by atoms with Crippen LogP contribution in [0.3, 0.4) is 0 Å². The molecule has 1 amide bonds. The number of aliphatic hydroxyl groups is 1. The number of methoxy groups -OCH3 is 1. The highest BCUT2D eigenvalue weighted by Crippen LogP contribution is 2.40. The number of rotatable bonds is 7. The third-order valence-electron chi connectivity index (χ3n) is 5.36. The smallest absolute Gasteiger partial charge is 0.295 e. The van der Waals surface area contributed by atoms with Crippen molar-refractivity contribution in [3.05, 3.63) is 69.8 Å². The number of ketones is 1. The summed E-state index contributed by atoms with van der Waals surface area (Å²) in [4.78, 5) is 29.5. The maximum atomic E-state index is 13.0. The first kappa shape index (κ1) is 22.8. The van der Waals surface area contributed by atoms with Crippen molar-refractivity contribution in [2.45, 2.75) is 19.4 Å². The highest BCUT2D eigenvalue weighted by Gasteiger charge is 2.45. The lowest BCUT2D eigenvalue weighted by Gasteiger charge is -2.26. The van der Waals surface area contributed by atoms with Crippen molar-refractivity contribution in [3.63, 3.8) is 0 Å². The van der Waals surface area contributed by atoms with Crippen LogP contribution in [0.25, 0.3) is 5.76 Å². The van der Waals surface area contributed by atoms with Crippen LogP contribution in [0.1, 0.15) is 29.2 Å². The summed E-state index contributed by atoms with van der Waals surface area (Å²) >= 11 is 6.22. The highest BCUT2D eigenvalue weighted by molar-refractivity contribution is 6.46. The van der Waals surface area contributed by atoms with Crippen LogP contribution in [-0.2, 0) is 9.59 Å². The summed E-state index contributed by atoms with van der Waals surface area (Å²) < 4.78 is 5.16. The van der Waals surface area contributed by atoms with E-state index in [4.69, 9.17) is 16.3 Å². The molecule has 0 radical (unpaired) electrons. The van der Waals surface area contributed by atoms with Gasteiger partial charge in [-0.25, -0.2) is 0 Å². The Bertz CT molecular complexity index is 1010. The lowest BCUT2D eigenvalue weighted by atomic mass is 9.94. The van der Waals surface area contributed by atoms with Crippen molar-refractivity contribution < 1.29 is 19.4 Å². The summed E-state index contributed by atoms with van der Waals surface area (Å²) in [5, 5.41) is 11.4. The van der Waals surface area contributed by atoms with Crippen molar-refractivity contribution in [3.8, 4) is 5.75 Å². The Kier molecular flexibility index (Phi) is 7.03. The van der Waals surface area contributed by atoms with Crippen molar-refractivity contribution in [1.29, 1.82) is 0 Å². The predicted octanol–water partition coefficient (Wildman–Crippen LogP) is 4.03. The zero-order valence-corrected chi connectivity index (χ0v) is 18.9. The Morgan fingerprint density at radius 2 is 1.84 bits per heavy atom. The van der Waals surface area contributed by atoms with Gasteiger partial charge in [0.25, 0.3) is 11.7 Å². The summed E-state index contributed by atoms with van der Waals surface area (Å²) in [6.45, 7) is 3.15. The average molecular weight is 443 g/mol. The first-order chi connectivity index (χ1) is 14.7. The molecule has 1 heterocycles. The third-order valence-corrected chi connectivity index (χ3v) is 5.66. The van der Waals surface area contributed by atoms with Crippen LogP contribution in [0.2, 0.25) is 5.02 Å². The minimum atomic E-state index is -0.695. The van der Waals surface area contributed by atoms with Gasteiger partial charge in [-0.05, 0) is 57.7 Å². The van der Waals surface area contributed by atoms with E-state index < -0.39 is 17.7 Å². The number of amides is 1. The number of likely N-dealkylation sites (tertiary alicyclic amines) is 1. The van der Waals surface area contributed by atoms with E-state index in [2.05, 4.69) is 0 Å². The summed E-state index contributed by atoms with van der Waals surface area (Å²) in [6.07, 6.45) is 0.705. The van der Waals surface area contributed by atoms with Gasteiger partial charge in [0.05, 0.1) is 23.7 Å². The third kappa shape index (κ3) is 4.75. The van der Waals surface area contributed by atoms with Crippen molar-refractivity contribution in [1.82, 2.24) is 9.80 Å². The van der Waals surface area contributed by atoms with Crippen LogP contribution < -0.4 is 4.74 Å². The molecule has 3 rings (SSSR count). The van der Waals surface area contributed by atoms with E-state index in [9.17, 15) is 14.7 Å². The number of hydrogen-bond acceptors (Lipinski definition) is 5. The van der Waals surface area contributed by atoms with E-state index in [0.717, 1.165) is 17.7 Å². The predicted molar refractivity (Wildman–Crippen MR) is 121 cm³/mol. The van der Waals surface area contributed by atoms with Gasteiger partial charge in [0.1, 0.15) is 11.5 Å².